The lowest BCUT2D eigenvalue weighted by Crippen LogP contribution is -2.33. The van der Waals surface area contributed by atoms with Crippen LogP contribution in [-0.2, 0) is 0 Å². The third-order valence-electron chi connectivity index (χ3n) is 3.30. The Kier molecular flexibility index (Phi) is 4.74. The lowest BCUT2D eigenvalue weighted by atomic mass is 10.6. The van der Waals surface area contributed by atoms with E-state index >= 15 is 0 Å². The van der Waals surface area contributed by atoms with Crippen LogP contribution in [-0.4, -0.2) is 8.07 Å². The zero-order valence-corrected chi connectivity index (χ0v) is 9.70. The van der Waals surface area contributed by atoms with E-state index in [-0.39, 0.29) is 0 Å². The average Bonchev–Trinajstić information content (AvgIpc) is 2.08. The Morgan fingerprint density at radius 1 is 1.09 bits per heavy atom. The van der Waals surface area contributed by atoms with Crippen molar-refractivity contribution >= 4 is 8.07 Å². The van der Waals surface area contributed by atoms with Crippen LogP contribution < -0.4 is 0 Å². The highest BCUT2D eigenvalue weighted by atomic mass is 28.3. The van der Waals surface area contributed by atoms with Crippen molar-refractivity contribution in [2.24, 2.45) is 0 Å². The fourth-order valence-corrected chi connectivity index (χ4v) is 5.68. The van der Waals surface area contributed by atoms with E-state index < -0.39 is 8.07 Å². The second kappa shape index (κ2) is 4.76. The third-order valence-corrected chi connectivity index (χ3v) is 9.32. The fourth-order valence-electron chi connectivity index (χ4n) is 1.89. The first-order chi connectivity index (χ1) is 5.16. The smallest absolute Gasteiger partial charge is 0.0799 e. The van der Waals surface area contributed by atoms with Gasteiger partial charge in [-0.25, -0.2) is 0 Å². The summed E-state index contributed by atoms with van der Waals surface area (Å²) in [6.07, 6.45) is 2.32. The Labute approximate surface area is 72.7 Å². The van der Waals surface area contributed by atoms with Crippen molar-refractivity contribution in [3.63, 3.8) is 0 Å². The predicted molar refractivity (Wildman–Crippen MR) is 56.6 cm³/mol. The van der Waals surface area contributed by atoms with Crippen LogP contribution in [0.5, 0.6) is 0 Å². The van der Waals surface area contributed by atoms with Crippen LogP contribution in [0.15, 0.2) is 11.3 Å². The monoisotopic (exact) mass is 170 g/mol. The average molecular weight is 170 g/mol. The van der Waals surface area contributed by atoms with E-state index in [0.29, 0.717) is 0 Å². The molecule has 0 radical (unpaired) electrons. The van der Waals surface area contributed by atoms with E-state index in [2.05, 4.69) is 40.7 Å². The molecule has 0 saturated carbocycles. The van der Waals surface area contributed by atoms with Gasteiger partial charge in [-0.2, -0.15) is 0 Å². The van der Waals surface area contributed by atoms with Crippen LogP contribution in [0.3, 0.4) is 0 Å². The van der Waals surface area contributed by atoms with Crippen molar-refractivity contribution < 1.29 is 0 Å². The Hall–Kier alpha value is -0.0431. The van der Waals surface area contributed by atoms with E-state index in [1.54, 1.807) is 5.20 Å². The molecule has 0 N–H and O–H groups in total. The van der Waals surface area contributed by atoms with Gasteiger partial charge < -0.3 is 0 Å². The van der Waals surface area contributed by atoms with Gasteiger partial charge in [0.1, 0.15) is 0 Å². The van der Waals surface area contributed by atoms with Gasteiger partial charge >= 0.3 is 0 Å². The van der Waals surface area contributed by atoms with Crippen LogP contribution >= 0.6 is 0 Å². The minimum Gasteiger partial charge on any atom is -0.0925 e. The molecule has 0 heterocycles. The molecule has 0 rings (SSSR count). The summed E-state index contributed by atoms with van der Waals surface area (Å²) in [7, 11) is -0.960. The molecular weight excluding hydrogens is 148 g/mol. The molecule has 0 atom stereocenters. The van der Waals surface area contributed by atoms with Gasteiger partial charge in [0.25, 0.3) is 0 Å². The van der Waals surface area contributed by atoms with Crippen LogP contribution in [0.2, 0.25) is 18.1 Å². The summed E-state index contributed by atoms with van der Waals surface area (Å²) in [6.45, 7) is 11.6. The molecule has 0 nitrogen and oxygen atoms in total. The van der Waals surface area contributed by atoms with Crippen molar-refractivity contribution in [2.45, 2.75) is 52.8 Å². The van der Waals surface area contributed by atoms with Gasteiger partial charge in [0.15, 0.2) is 0 Å². The van der Waals surface area contributed by atoms with Crippen molar-refractivity contribution in [1.29, 1.82) is 0 Å². The molecule has 0 aromatic rings. The van der Waals surface area contributed by atoms with Crippen LogP contribution in [0.4, 0.5) is 0 Å². The first-order valence-corrected chi connectivity index (χ1v) is 7.42. The summed E-state index contributed by atoms with van der Waals surface area (Å²) in [4.78, 5) is 0. The minimum absolute atomic E-state index is 0.960. The maximum Gasteiger partial charge on any atom is 0.0799 e. The quantitative estimate of drug-likeness (QED) is 0.559. The molecule has 0 spiro atoms. The predicted octanol–water partition coefficient (Wildman–Crippen LogP) is 4.00. The molecule has 0 aromatic heterocycles. The molecule has 66 valence electrons. The largest absolute Gasteiger partial charge is 0.0925 e. The number of allylic oxidation sites excluding steroid dienone is 2. The number of hydrogen-bond acceptors (Lipinski definition) is 0. The lowest BCUT2D eigenvalue weighted by Gasteiger charge is -2.29. The zero-order chi connectivity index (χ0) is 8.91. The number of hydrogen-bond donors (Lipinski definition) is 0. The van der Waals surface area contributed by atoms with Gasteiger partial charge in [-0.1, -0.05) is 50.2 Å². The highest BCUT2D eigenvalue weighted by molar-refractivity contribution is 6.86. The Bertz CT molecular complexity index is 124. The molecule has 0 amide bonds. The first-order valence-electron chi connectivity index (χ1n) is 4.80. The summed E-state index contributed by atoms with van der Waals surface area (Å²) < 4.78 is 0. The minimum atomic E-state index is -0.960. The van der Waals surface area contributed by atoms with Gasteiger partial charge in [-0.3, -0.25) is 0 Å². The van der Waals surface area contributed by atoms with Crippen molar-refractivity contribution in [2.75, 3.05) is 0 Å². The first kappa shape index (κ1) is 11.0. The second-order valence-electron chi connectivity index (χ2n) is 3.31. The van der Waals surface area contributed by atoms with Crippen molar-refractivity contribution in [1.82, 2.24) is 0 Å². The normalized spacial score (nSPS) is 13.7. The molecule has 0 bridgehead atoms. The van der Waals surface area contributed by atoms with Gasteiger partial charge in [-0.05, 0) is 13.8 Å². The summed E-state index contributed by atoms with van der Waals surface area (Å²) >= 11 is 0. The highest BCUT2D eigenvalue weighted by Gasteiger charge is 2.27. The molecule has 0 fully saturated rings. The van der Waals surface area contributed by atoms with E-state index in [4.69, 9.17) is 0 Å². The fraction of sp³-hybridized carbons (Fsp3) is 0.800. The summed E-state index contributed by atoms with van der Waals surface area (Å²) in [5, 5.41) is 1.70. The molecule has 11 heavy (non-hydrogen) atoms. The maximum absolute atomic E-state index is 2.35. The van der Waals surface area contributed by atoms with Gasteiger partial charge in [0.05, 0.1) is 8.07 Å². The van der Waals surface area contributed by atoms with E-state index in [1.807, 2.05) is 0 Å². The molecule has 0 unspecified atom stereocenters. The third kappa shape index (κ3) is 2.19. The maximum atomic E-state index is 2.35. The molecule has 0 aromatic carbocycles. The summed E-state index contributed by atoms with van der Waals surface area (Å²) in [5.41, 5.74) is 0. The van der Waals surface area contributed by atoms with E-state index in [1.165, 1.54) is 18.1 Å². The number of rotatable bonds is 4. The Morgan fingerprint density at radius 2 is 1.45 bits per heavy atom. The second-order valence-corrected chi connectivity index (χ2v) is 8.78. The topological polar surface area (TPSA) is 0 Å². The van der Waals surface area contributed by atoms with Crippen molar-refractivity contribution in [3.8, 4) is 0 Å². The molecule has 1 heteroatoms. The van der Waals surface area contributed by atoms with Crippen LogP contribution in [0, 0.1) is 0 Å². The van der Waals surface area contributed by atoms with E-state index in [0.717, 1.165) is 0 Å². The molecular formula is C10H22Si. The van der Waals surface area contributed by atoms with Crippen LogP contribution in [0.25, 0.3) is 0 Å². The highest BCUT2D eigenvalue weighted by Crippen LogP contribution is 2.27. The summed E-state index contributed by atoms with van der Waals surface area (Å²) in [6, 6.07) is 4.24. The zero-order valence-electron chi connectivity index (χ0n) is 8.70. The van der Waals surface area contributed by atoms with Crippen molar-refractivity contribution in [3.05, 3.63) is 11.3 Å². The summed E-state index contributed by atoms with van der Waals surface area (Å²) in [5.74, 6) is 0. The lowest BCUT2D eigenvalue weighted by molar-refractivity contribution is 1.16. The Balaban J connectivity index is 4.54. The molecule has 0 aliphatic rings. The molecule has 0 aliphatic heterocycles. The standard InChI is InChI=1S/C10H22Si/c1-6-10(5)11(7-2,8-3)9-4/h6H,7-9H2,1-5H3. The van der Waals surface area contributed by atoms with Crippen LogP contribution in [0.1, 0.15) is 34.6 Å². The van der Waals surface area contributed by atoms with Gasteiger partial charge in [-0.15, -0.1) is 0 Å². The SMILES string of the molecule is CC=C(C)[Si](CC)(CC)CC. The molecule has 0 saturated heterocycles. The molecule has 0 aliphatic carbocycles. The Morgan fingerprint density at radius 3 is 1.55 bits per heavy atom. The van der Waals surface area contributed by atoms with Gasteiger partial charge in [0, 0.05) is 0 Å². The van der Waals surface area contributed by atoms with E-state index in [9.17, 15) is 0 Å². The van der Waals surface area contributed by atoms with Gasteiger partial charge in [0.2, 0.25) is 0 Å².